The highest BCUT2D eigenvalue weighted by molar-refractivity contribution is 6.31. The zero-order chi connectivity index (χ0) is 13.9. The second-order valence-corrected chi connectivity index (χ2v) is 5.53. The van der Waals surface area contributed by atoms with Crippen LogP contribution in [0, 0.1) is 5.41 Å². The molecule has 19 heavy (non-hydrogen) atoms. The summed E-state index contributed by atoms with van der Waals surface area (Å²) >= 11 is 5.92. The number of carboxylic acid groups (broad SMARTS) is 1. The second-order valence-electron chi connectivity index (χ2n) is 5.09. The maximum absolute atomic E-state index is 11.1. The topological polar surface area (TPSA) is 58.6 Å². The van der Waals surface area contributed by atoms with Crippen LogP contribution in [-0.4, -0.2) is 31.3 Å². The van der Waals surface area contributed by atoms with E-state index in [1.165, 1.54) is 6.07 Å². The number of benzene rings is 1. The number of hydrogen-bond acceptors (Lipinski definition) is 3. The molecule has 1 aromatic carbocycles. The molecule has 104 valence electrons. The van der Waals surface area contributed by atoms with Crippen LogP contribution < -0.4 is 5.32 Å². The molecule has 2 rings (SSSR count). The van der Waals surface area contributed by atoms with Crippen molar-refractivity contribution in [2.75, 3.05) is 25.6 Å². The summed E-state index contributed by atoms with van der Waals surface area (Å²) in [7, 11) is 1.70. The Morgan fingerprint density at radius 3 is 2.84 bits per heavy atom. The highest BCUT2D eigenvalue weighted by Gasteiger charge is 2.41. The molecule has 0 atom stereocenters. The number of aromatic carboxylic acids is 1. The quantitative estimate of drug-likeness (QED) is 0.806. The van der Waals surface area contributed by atoms with E-state index in [1.54, 1.807) is 19.2 Å². The third-order valence-corrected chi connectivity index (χ3v) is 3.89. The molecule has 5 heteroatoms. The largest absolute Gasteiger partial charge is 0.478 e. The molecule has 0 amide bonds. The standard InChI is InChI=1S/C14H18ClNO3/c1-19-7-6-14(4-5-14)9-16-12-8-10(15)2-3-11(12)13(17)18/h2-3,8,16H,4-7,9H2,1H3,(H,17,18). The number of rotatable bonds is 7. The maximum atomic E-state index is 11.1. The minimum absolute atomic E-state index is 0.256. The van der Waals surface area contributed by atoms with Crippen LogP contribution in [0.15, 0.2) is 18.2 Å². The summed E-state index contributed by atoms with van der Waals surface area (Å²) in [5, 5.41) is 12.9. The summed E-state index contributed by atoms with van der Waals surface area (Å²) < 4.78 is 5.11. The summed E-state index contributed by atoms with van der Waals surface area (Å²) in [5.74, 6) is -0.944. The predicted octanol–water partition coefficient (Wildman–Crippen LogP) is 3.27. The van der Waals surface area contributed by atoms with Crippen molar-refractivity contribution in [3.63, 3.8) is 0 Å². The zero-order valence-corrected chi connectivity index (χ0v) is 11.7. The molecule has 2 N–H and O–H groups in total. The number of methoxy groups -OCH3 is 1. The van der Waals surface area contributed by atoms with Gasteiger partial charge in [-0.2, -0.15) is 0 Å². The van der Waals surface area contributed by atoms with Crippen molar-refractivity contribution in [1.29, 1.82) is 0 Å². The third kappa shape index (κ3) is 3.61. The molecule has 1 aromatic rings. The van der Waals surface area contributed by atoms with Crippen molar-refractivity contribution in [3.05, 3.63) is 28.8 Å². The van der Waals surface area contributed by atoms with E-state index < -0.39 is 5.97 Å². The summed E-state index contributed by atoms with van der Waals surface area (Å²) in [6, 6.07) is 4.78. The summed E-state index contributed by atoms with van der Waals surface area (Å²) in [6.45, 7) is 1.50. The van der Waals surface area contributed by atoms with Gasteiger partial charge in [-0.1, -0.05) is 11.6 Å². The van der Waals surface area contributed by atoms with E-state index in [0.29, 0.717) is 10.7 Å². The van der Waals surface area contributed by atoms with Crippen LogP contribution in [0.1, 0.15) is 29.6 Å². The first kappa shape index (κ1) is 14.2. The van der Waals surface area contributed by atoms with Crippen LogP contribution >= 0.6 is 11.6 Å². The molecule has 0 radical (unpaired) electrons. The molecule has 1 aliphatic carbocycles. The molecule has 0 spiro atoms. The van der Waals surface area contributed by atoms with Gasteiger partial charge in [-0.25, -0.2) is 4.79 Å². The molecule has 1 fully saturated rings. The second kappa shape index (κ2) is 5.80. The molecule has 0 aliphatic heterocycles. The van der Waals surface area contributed by atoms with Crippen LogP contribution in [0.4, 0.5) is 5.69 Å². The van der Waals surface area contributed by atoms with Gasteiger partial charge in [0.05, 0.1) is 11.3 Å². The van der Waals surface area contributed by atoms with Crippen molar-refractivity contribution in [1.82, 2.24) is 0 Å². The van der Waals surface area contributed by atoms with Gasteiger partial charge in [0.1, 0.15) is 0 Å². The van der Waals surface area contributed by atoms with Gasteiger partial charge in [0.15, 0.2) is 0 Å². The Labute approximate surface area is 117 Å². The van der Waals surface area contributed by atoms with Crippen LogP contribution in [0.3, 0.4) is 0 Å². The van der Waals surface area contributed by atoms with E-state index in [9.17, 15) is 4.79 Å². The van der Waals surface area contributed by atoms with Crippen molar-refractivity contribution in [2.45, 2.75) is 19.3 Å². The Hall–Kier alpha value is -1.26. The number of carbonyl (C=O) groups is 1. The Bertz CT molecular complexity index is 472. The molecular weight excluding hydrogens is 266 g/mol. The average Bonchev–Trinajstić information content (AvgIpc) is 3.14. The fourth-order valence-electron chi connectivity index (χ4n) is 2.14. The van der Waals surface area contributed by atoms with Gasteiger partial charge in [0, 0.05) is 25.3 Å². The van der Waals surface area contributed by atoms with Crippen LogP contribution in [0.5, 0.6) is 0 Å². The SMILES string of the molecule is COCCC1(CNc2cc(Cl)ccc2C(=O)O)CC1. The van der Waals surface area contributed by atoms with E-state index in [-0.39, 0.29) is 11.0 Å². The summed E-state index contributed by atoms with van der Waals surface area (Å²) in [6.07, 6.45) is 3.32. The minimum Gasteiger partial charge on any atom is -0.478 e. The van der Waals surface area contributed by atoms with Crippen LogP contribution in [0.2, 0.25) is 5.02 Å². The number of nitrogens with one attached hydrogen (secondary N) is 1. The van der Waals surface area contributed by atoms with Gasteiger partial charge in [0.25, 0.3) is 0 Å². The van der Waals surface area contributed by atoms with Gasteiger partial charge in [-0.3, -0.25) is 0 Å². The highest BCUT2D eigenvalue weighted by atomic mass is 35.5. The van der Waals surface area contributed by atoms with Gasteiger partial charge < -0.3 is 15.2 Å². The Kier molecular flexibility index (Phi) is 4.32. The first-order chi connectivity index (χ1) is 9.06. The summed E-state index contributed by atoms with van der Waals surface area (Å²) in [4.78, 5) is 11.1. The fourth-order valence-corrected chi connectivity index (χ4v) is 2.31. The molecule has 1 saturated carbocycles. The van der Waals surface area contributed by atoms with Gasteiger partial charge in [0.2, 0.25) is 0 Å². The first-order valence-electron chi connectivity index (χ1n) is 6.32. The van der Waals surface area contributed by atoms with Crippen molar-refractivity contribution in [2.24, 2.45) is 5.41 Å². The van der Waals surface area contributed by atoms with Gasteiger partial charge in [-0.15, -0.1) is 0 Å². The number of ether oxygens (including phenoxy) is 1. The van der Waals surface area contributed by atoms with Gasteiger partial charge >= 0.3 is 5.97 Å². The van der Waals surface area contributed by atoms with E-state index in [2.05, 4.69) is 5.32 Å². The van der Waals surface area contributed by atoms with Crippen molar-refractivity contribution in [3.8, 4) is 0 Å². The van der Waals surface area contributed by atoms with Crippen molar-refractivity contribution < 1.29 is 14.6 Å². The third-order valence-electron chi connectivity index (χ3n) is 3.66. The number of carboxylic acids is 1. The molecule has 0 heterocycles. The number of hydrogen-bond donors (Lipinski definition) is 2. The van der Waals surface area contributed by atoms with E-state index >= 15 is 0 Å². The lowest BCUT2D eigenvalue weighted by Gasteiger charge is -2.17. The lowest BCUT2D eigenvalue weighted by Crippen LogP contribution is -2.18. The lowest BCUT2D eigenvalue weighted by molar-refractivity contribution is 0.0698. The lowest BCUT2D eigenvalue weighted by atomic mass is 10.0. The normalized spacial score (nSPS) is 16.1. The molecule has 0 bridgehead atoms. The highest BCUT2D eigenvalue weighted by Crippen LogP contribution is 2.48. The first-order valence-corrected chi connectivity index (χ1v) is 6.70. The van der Waals surface area contributed by atoms with Crippen LogP contribution in [0.25, 0.3) is 0 Å². The number of halogens is 1. The number of anilines is 1. The van der Waals surface area contributed by atoms with E-state index in [4.69, 9.17) is 21.4 Å². The van der Waals surface area contributed by atoms with E-state index in [0.717, 1.165) is 32.4 Å². The predicted molar refractivity (Wildman–Crippen MR) is 75.1 cm³/mol. The van der Waals surface area contributed by atoms with Gasteiger partial charge in [-0.05, 0) is 42.9 Å². The Morgan fingerprint density at radius 1 is 1.53 bits per heavy atom. The zero-order valence-electron chi connectivity index (χ0n) is 10.9. The minimum atomic E-state index is -0.944. The molecular formula is C14H18ClNO3. The molecule has 1 aliphatic rings. The Balaban J connectivity index is 2.03. The summed E-state index contributed by atoms with van der Waals surface area (Å²) in [5.41, 5.74) is 1.10. The monoisotopic (exact) mass is 283 g/mol. The fraction of sp³-hybridized carbons (Fsp3) is 0.500. The molecule has 0 aromatic heterocycles. The van der Waals surface area contributed by atoms with Crippen LogP contribution in [-0.2, 0) is 4.74 Å². The van der Waals surface area contributed by atoms with E-state index in [1.807, 2.05) is 0 Å². The smallest absolute Gasteiger partial charge is 0.337 e. The maximum Gasteiger partial charge on any atom is 0.337 e. The van der Waals surface area contributed by atoms with Crippen molar-refractivity contribution >= 4 is 23.3 Å². The molecule has 0 unspecified atom stereocenters. The average molecular weight is 284 g/mol. The Morgan fingerprint density at radius 2 is 2.26 bits per heavy atom. The molecule has 4 nitrogen and oxygen atoms in total. The molecule has 0 saturated heterocycles.